The molecule has 0 radical (unpaired) electrons. The number of hydroxylamine groups is 4. The molecule has 0 spiro atoms. The van der Waals surface area contributed by atoms with Crippen LogP contribution in [0, 0.1) is 0 Å². The van der Waals surface area contributed by atoms with Gasteiger partial charge in [-0.25, -0.2) is 9.59 Å². The first kappa shape index (κ1) is 32.2. The van der Waals surface area contributed by atoms with Crippen LogP contribution in [0.15, 0.2) is 0 Å². The van der Waals surface area contributed by atoms with Crippen LogP contribution < -0.4 is 0 Å². The number of rotatable bonds is 11. The van der Waals surface area contributed by atoms with Crippen molar-refractivity contribution >= 4 is 36.8 Å². The van der Waals surface area contributed by atoms with Crippen LogP contribution in [0.5, 0.6) is 0 Å². The SMILES string of the molecule is CC.CCCC(=O)N(C=O)OC(=O)OC(C)(C)CCOC(C)(C)C(=O)ON(C=O)C(=O)CC. The lowest BCUT2D eigenvalue weighted by atomic mass is 10.1. The van der Waals surface area contributed by atoms with Crippen LogP contribution in [-0.4, -0.2) is 64.7 Å². The molecule has 0 bridgehead atoms. The second-order valence-corrected chi connectivity index (χ2v) is 7.44. The van der Waals surface area contributed by atoms with Crippen molar-refractivity contribution in [2.45, 2.75) is 92.3 Å². The van der Waals surface area contributed by atoms with Gasteiger partial charge in [0.25, 0.3) is 24.6 Å². The van der Waals surface area contributed by atoms with E-state index >= 15 is 0 Å². The molecule has 0 heterocycles. The number of hydrogen-bond acceptors (Lipinski definition) is 10. The molecule has 0 atom stereocenters. The second-order valence-electron chi connectivity index (χ2n) is 7.44. The van der Waals surface area contributed by atoms with Crippen molar-refractivity contribution in [2.24, 2.45) is 0 Å². The molecule has 0 aliphatic carbocycles. The minimum absolute atomic E-state index is 0.0137. The normalized spacial score (nSPS) is 10.7. The monoisotopic (exact) mass is 476 g/mol. The summed E-state index contributed by atoms with van der Waals surface area (Å²) in [6, 6.07) is 0. The Morgan fingerprint density at radius 1 is 0.848 bits per heavy atom. The first-order valence-electron chi connectivity index (χ1n) is 10.7. The summed E-state index contributed by atoms with van der Waals surface area (Å²) in [7, 11) is 0. The predicted molar refractivity (Wildman–Crippen MR) is 115 cm³/mol. The van der Waals surface area contributed by atoms with Crippen LogP contribution >= 0.6 is 0 Å². The molecule has 0 aromatic rings. The van der Waals surface area contributed by atoms with Gasteiger partial charge in [-0.15, -0.1) is 10.1 Å². The molecule has 0 aromatic carbocycles. The van der Waals surface area contributed by atoms with Gasteiger partial charge in [-0.2, -0.15) is 0 Å². The fraction of sp³-hybridized carbons (Fsp3) is 0.714. The van der Waals surface area contributed by atoms with Gasteiger partial charge in [0.05, 0.1) is 6.61 Å². The Morgan fingerprint density at radius 2 is 1.36 bits per heavy atom. The third-order valence-electron chi connectivity index (χ3n) is 3.82. The van der Waals surface area contributed by atoms with Crippen LogP contribution in [0.2, 0.25) is 0 Å². The fourth-order valence-corrected chi connectivity index (χ4v) is 1.93. The number of ether oxygens (including phenoxy) is 2. The summed E-state index contributed by atoms with van der Waals surface area (Å²) in [5.41, 5.74) is -2.67. The second kappa shape index (κ2) is 15.7. The lowest BCUT2D eigenvalue weighted by Gasteiger charge is -2.28. The maximum Gasteiger partial charge on any atom is 0.534 e. The standard InChI is InChI=1S/C19H30N2O10.C2H6/c1-7-9-15(25)21(13-23)31-17(27)29-18(3,4)10-11-28-19(5,6)16(26)30-20(12-22)14(24)8-2;1-2/h12-13H,7-11H2,1-6H3;1-2H3. The van der Waals surface area contributed by atoms with Crippen molar-refractivity contribution in [1.82, 2.24) is 10.1 Å². The van der Waals surface area contributed by atoms with Crippen LogP contribution in [0.4, 0.5) is 4.79 Å². The number of nitrogens with zero attached hydrogens (tertiary/aromatic N) is 2. The lowest BCUT2D eigenvalue weighted by Crippen LogP contribution is -2.43. The summed E-state index contributed by atoms with van der Waals surface area (Å²) in [4.78, 5) is 78.3. The predicted octanol–water partition coefficient (Wildman–Crippen LogP) is 2.68. The van der Waals surface area contributed by atoms with Gasteiger partial charge in [0.15, 0.2) is 5.60 Å². The van der Waals surface area contributed by atoms with Gasteiger partial charge in [0.2, 0.25) is 0 Å². The molecule has 0 aliphatic rings. The van der Waals surface area contributed by atoms with Crippen molar-refractivity contribution in [2.75, 3.05) is 6.61 Å². The first-order valence-corrected chi connectivity index (χ1v) is 10.7. The number of amides is 4. The van der Waals surface area contributed by atoms with Gasteiger partial charge in [-0.3, -0.25) is 24.0 Å². The zero-order valence-electron chi connectivity index (χ0n) is 20.7. The fourth-order valence-electron chi connectivity index (χ4n) is 1.93. The molecular formula is C21H36N2O10. The Kier molecular flexibility index (Phi) is 15.3. The molecule has 12 heteroatoms. The highest BCUT2D eigenvalue weighted by atomic mass is 16.8. The maximum absolute atomic E-state index is 12.2. The molecule has 0 aliphatic heterocycles. The molecule has 0 unspecified atom stereocenters. The van der Waals surface area contributed by atoms with E-state index in [-0.39, 0.29) is 48.8 Å². The average Bonchev–Trinajstić information content (AvgIpc) is 2.75. The Hall–Kier alpha value is -3.02. The van der Waals surface area contributed by atoms with E-state index in [0.29, 0.717) is 6.42 Å². The minimum Gasteiger partial charge on any atom is -0.427 e. The van der Waals surface area contributed by atoms with Crippen LogP contribution in [0.25, 0.3) is 0 Å². The van der Waals surface area contributed by atoms with E-state index in [1.807, 2.05) is 13.8 Å². The molecule has 0 rings (SSSR count). The van der Waals surface area contributed by atoms with Crippen molar-refractivity contribution in [1.29, 1.82) is 0 Å². The van der Waals surface area contributed by atoms with E-state index in [2.05, 4.69) is 4.84 Å². The van der Waals surface area contributed by atoms with Gasteiger partial charge in [-0.05, 0) is 34.1 Å². The van der Waals surface area contributed by atoms with E-state index in [1.54, 1.807) is 6.92 Å². The summed E-state index contributed by atoms with van der Waals surface area (Å²) >= 11 is 0. The van der Waals surface area contributed by atoms with E-state index in [1.165, 1.54) is 34.6 Å². The third-order valence-corrected chi connectivity index (χ3v) is 3.82. The number of hydrogen-bond donors (Lipinski definition) is 0. The van der Waals surface area contributed by atoms with Gasteiger partial charge < -0.3 is 14.3 Å². The average molecular weight is 477 g/mol. The zero-order chi connectivity index (χ0) is 26.2. The van der Waals surface area contributed by atoms with Gasteiger partial charge >= 0.3 is 12.1 Å². The summed E-state index contributed by atoms with van der Waals surface area (Å²) < 4.78 is 10.6. The van der Waals surface area contributed by atoms with Crippen LogP contribution in [0.1, 0.15) is 81.1 Å². The Labute approximate surface area is 194 Å². The Balaban J connectivity index is 0. The molecule has 33 heavy (non-hydrogen) atoms. The summed E-state index contributed by atoms with van der Waals surface area (Å²) in [5, 5.41) is 0.545. The van der Waals surface area contributed by atoms with E-state index in [0.717, 1.165) is 0 Å². The molecule has 0 aromatic heterocycles. The van der Waals surface area contributed by atoms with Crippen molar-refractivity contribution in [3.63, 3.8) is 0 Å². The molecular weight excluding hydrogens is 440 g/mol. The highest BCUT2D eigenvalue weighted by Crippen LogP contribution is 2.20. The minimum atomic E-state index is -1.52. The highest BCUT2D eigenvalue weighted by molar-refractivity contribution is 5.88. The molecule has 12 nitrogen and oxygen atoms in total. The third kappa shape index (κ3) is 12.6. The van der Waals surface area contributed by atoms with E-state index < -0.39 is 35.1 Å². The molecule has 4 amide bonds. The smallest absolute Gasteiger partial charge is 0.427 e. The zero-order valence-corrected chi connectivity index (χ0v) is 20.7. The first-order chi connectivity index (χ1) is 15.3. The molecule has 190 valence electrons. The van der Waals surface area contributed by atoms with E-state index in [9.17, 15) is 28.8 Å². The van der Waals surface area contributed by atoms with Crippen molar-refractivity contribution < 1.29 is 47.9 Å². The maximum atomic E-state index is 12.2. The number of carbonyl (C=O) groups is 6. The highest BCUT2D eigenvalue weighted by Gasteiger charge is 2.35. The van der Waals surface area contributed by atoms with Gasteiger partial charge in [0, 0.05) is 19.3 Å². The van der Waals surface area contributed by atoms with Crippen LogP contribution in [-0.2, 0) is 43.1 Å². The topological polar surface area (TPSA) is 146 Å². The quantitative estimate of drug-likeness (QED) is 0.248. The lowest BCUT2D eigenvalue weighted by molar-refractivity contribution is -0.211. The summed E-state index contributed by atoms with van der Waals surface area (Å²) in [6.07, 6.45) is -0.597. The Morgan fingerprint density at radius 3 is 1.82 bits per heavy atom. The summed E-state index contributed by atoms with van der Waals surface area (Å²) in [6.45, 7) is 12.9. The molecule has 0 fully saturated rings. The largest absolute Gasteiger partial charge is 0.534 e. The summed E-state index contributed by atoms with van der Waals surface area (Å²) in [5.74, 6) is -2.37. The van der Waals surface area contributed by atoms with Crippen molar-refractivity contribution in [3.8, 4) is 0 Å². The molecule has 0 saturated carbocycles. The van der Waals surface area contributed by atoms with Gasteiger partial charge in [-0.1, -0.05) is 27.7 Å². The Bertz CT molecular complexity index is 676. The van der Waals surface area contributed by atoms with Gasteiger partial charge in [0.1, 0.15) is 5.60 Å². The van der Waals surface area contributed by atoms with Crippen molar-refractivity contribution in [3.05, 3.63) is 0 Å². The van der Waals surface area contributed by atoms with Crippen LogP contribution in [0.3, 0.4) is 0 Å². The number of carbonyl (C=O) groups excluding carboxylic acids is 6. The molecule has 0 N–H and O–H groups in total. The number of imide groups is 2. The molecule has 0 saturated heterocycles. The van der Waals surface area contributed by atoms with E-state index in [4.69, 9.17) is 14.3 Å².